The lowest BCUT2D eigenvalue weighted by Gasteiger charge is -2.18. The van der Waals surface area contributed by atoms with Gasteiger partial charge in [0.2, 0.25) is 0 Å². The van der Waals surface area contributed by atoms with Crippen molar-refractivity contribution >= 4 is 21.7 Å². The highest BCUT2D eigenvalue weighted by molar-refractivity contribution is 7.91. The number of fused-ring (bicyclic) bond motifs is 1. The Morgan fingerprint density at radius 1 is 1.11 bits per heavy atom. The first kappa shape index (κ1) is 19.2. The van der Waals surface area contributed by atoms with Gasteiger partial charge in [0.05, 0.1) is 24.4 Å². The molecule has 0 spiro atoms. The first-order valence-corrected chi connectivity index (χ1v) is 10.5. The van der Waals surface area contributed by atoms with Crippen molar-refractivity contribution in [2.75, 3.05) is 19.5 Å². The minimum absolute atomic E-state index is 0.102. The largest absolute Gasteiger partial charge is 0.493 e. The van der Waals surface area contributed by atoms with Gasteiger partial charge in [-0.3, -0.25) is 4.79 Å². The zero-order chi connectivity index (χ0) is 19.4. The van der Waals surface area contributed by atoms with Crippen molar-refractivity contribution in [2.24, 2.45) is 0 Å². The third kappa shape index (κ3) is 4.06. The highest BCUT2D eigenvalue weighted by atomic mass is 32.2. The Hall–Kier alpha value is -2.60. The lowest BCUT2D eigenvalue weighted by Crippen LogP contribution is -2.24. The number of unbranched alkanes of at least 4 members (excludes halogenated alkanes) is 1. The van der Waals surface area contributed by atoms with Crippen molar-refractivity contribution in [3.05, 3.63) is 59.2 Å². The van der Waals surface area contributed by atoms with E-state index < -0.39 is 9.84 Å². The first-order valence-electron chi connectivity index (χ1n) is 8.84. The molecular weight excluding hydrogens is 364 g/mol. The molecule has 0 unspecified atom stereocenters. The summed E-state index contributed by atoms with van der Waals surface area (Å²) in [5.74, 6) is 0.610. The summed E-state index contributed by atoms with van der Waals surface area (Å²) in [6.45, 7) is 2.64. The van der Waals surface area contributed by atoms with Crippen LogP contribution in [0.2, 0.25) is 0 Å². The van der Waals surface area contributed by atoms with Gasteiger partial charge in [-0.15, -0.1) is 0 Å². The van der Waals surface area contributed by atoms with Crippen LogP contribution in [0.15, 0.2) is 52.9 Å². The second kappa shape index (κ2) is 7.96. The van der Waals surface area contributed by atoms with Crippen LogP contribution in [0.4, 0.5) is 0 Å². The zero-order valence-corrected chi connectivity index (χ0v) is 16.2. The fraction of sp³-hybridized carbons (Fsp3) is 0.286. The number of sulfone groups is 1. The van der Waals surface area contributed by atoms with E-state index in [9.17, 15) is 13.2 Å². The molecule has 3 rings (SSSR count). The summed E-state index contributed by atoms with van der Waals surface area (Å²) in [5.41, 5.74) is 1.17. The zero-order valence-electron chi connectivity index (χ0n) is 15.4. The van der Waals surface area contributed by atoms with Crippen LogP contribution < -0.4 is 9.47 Å². The molecule has 1 heterocycles. The highest BCUT2D eigenvalue weighted by Crippen LogP contribution is 2.32. The van der Waals surface area contributed by atoms with Crippen LogP contribution in [-0.4, -0.2) is 33.7 Å². The van der Waals surface area contributed by atoms with Gasteiger partial charge < -0.3 is 9.47 Å². The van der Waals surface area contributed by atoms with Crippen molar-refractivity contribution in [1.82, 2.24) is 0 Å². The number of hydrogen-bond donors (Lipinski definition) is 0. The normalized spacial score (nSPS) is 16.8. The minimum atomic E-state index is -3.53. The molecular formula is C21H22O5S. The second-order valence-electron chi connectivity index (χ2n) is 6.37. The molecule has 2 aromatic carbocycles. The number of ether oxygens (including phenoxy) is 2. The molecule has 6 heteroatoms. The van der Waals surface area contributed by atoms with Gasteiger partial charge in [-0.05, 0) is 42.3 Å². The lowest BCUT2D eigenvalue weighted by molar-refractivity contribution is 0.103. The summed E-state index contributed by atoms with van der Waals surface area (Å²) in [7, 11) is -1.97. The Kier molecular flexibility index (Phi) is 5.65. The van der Waals surface area contributed by atoms with Crippen molar-refractivity contribution in [3.8, 4) is 11.5 Å². The molecule has 0 aromatic heterocycles. The smallest absolute Gasteiger partial charge is 0.191 e. The molecule has 0 saturated heterocycles. The molecule has 0 bridgehead atoms. The second-order valence-corrected chi connectivity index (χ2v) is 8.32. The SMILES string of the molecule is CCCCOc1cc(C=C2CS(=O)(=O)c3ccccc3C2=O)ccc1OC. The van der Waals surface area contributed by atoms with E-state index in [2.05, 4.69) is 6.92 Å². The van der Waals surface area contributed by atoms with Gasteiger partial charge in [0.1, 0.15) is 0 Å². The average Bonchev–Trinajstić information content (AvgIpc) is 2.66. The molecule has 1 aliphatic heterocycles. The summed E-state index contributed by atoms with van der Waals surface area (Å²) >= 11 is 0. The van der Waals surface area contributed by atoms with E-state index in [1.165, 1.54) is 6.07 Å². The van der Waals surface area contributed by atoms with E-state index in [0.29, 0.717) is 23.7 Å². The van der Waals surface area contributed by atoms with Crippen LogP contribution in [0.3, 0.4) is 0 Å². The number of carbonyl (C=O) groups is 1. The van der Waals surface area contributed by atoms with Crippen LogP contribution in [-0.2, 0) is 9.84 Å². The van der Waals surface area contributed by atoms with Crippen molar-refractivity contribution < 1.29 is 22.7 Å². The van der Waals surface area contributed by atoms with E-state index in [4.69, 9.17) is 9.47 Å². The average molecular weight is 386 g/mol. The monoisotopic (exact) mass is 386 g/mol. The molecule has 0 saturated carbocycles. The summed E-state index contributed by atoms with van der Waals surface area (Å²) in [4.78, 5) is 12.8. The first-order chi connectivity index (χ1) is 13.0. The third-order valence-corrected chi connectivity index (χ3v) is 6.11. The Morgan fingerprint density at radius 2 is 1.89 bits per heavy atom. The number of rotatable bonds is 6. The summed E-state index contributed by atoms with van der Waals surface area (Å²) in [6, 6.07) is 11.6. The summed E-state index contributed by atoms with van der Waals surface area (Å²) in [6.07, 6.45) is 3.54. The van der Waals surface area contributed by atoms with E-state index in [0.717, 1.165) is 12.8 Å². The predicted molar refractivity (Wildman–Crippen MR) is 104 cm³/mol. The fourth-order valence-electron chi connectivity index (χ4n) is 2.98. The van der Waals surface area contributed by atoms with Gasteiger partial charge in [-0.1, -0.05) is 31.5 Å². The maximum Gasteiger partial charge on any atom is 0.191 e. The van der Waals surface area contributed by atoms with Gasteiger partial charge in [0.25, 0.3) is 0 Å². The molecule has 0 fully saturated rings. The fourth-order valence-corrected chi connectivity index (χ4v) is 4.54. The molecule has 142 valence electrons. The molecule has 27 heavy (non-hydrogen) atoms. The van der Waals surface area contributed by atoms with Crippen LogP contribution in [0.1, 0.15) is 35.7 Å². The van der Waals surface area contributed by atoms with Gasteiger partial charge in [0, 0.05) is 11.1 Å². The Labute approximate surface area is 159 Å². The standard InChI is InChI=1S/C21H22O5S/c1-3-4-11-26-19-13-15(9-10-18(19)25-2)12-16-14-27(23,24)20-8-6-5-7-17(20)21(16)22/h5-10,12-13H,3-4,11,14H2,1-2H3. The Bertz CT molecular complexity index is 989. The molecule has 0 atom stereocenters. The molecule has 2 aromatic rings. The number of hydrogen-bond acceptors (Lipinski definition) is 5. The van der Waals surface area contributed by atoms with Crippen LogP contribution >= 0.6 is 0 Å². The topological polar surface area (TPSA) is 69.7 Å². The van der Waals surface area contributed by atoms with Gasteiger partial charge >= 0.3 is 0 Å². The number of Topliss-reactive ketones (excluding diaryl/α,β-unsaturated/α-hetero) is 1. The molecule has 0 radical (unpaired) electrons. The maximum absolute atomic E-state index is 12.7. The van der Waals surface area contributed by atoms with E-state index in [1.54, 1.807) is 49.6 Å². The summed E-state index contributed by atoms with van der Waals surface area (Å²) in [5, 5.41) is 0. The summed E-state index contributed by atoms with van der Waals surface area (Å²) < 4.78 is 36.1. The number of carbonyl (C=O) groups excluding carboxylic acids is 1. The number of methoxy groups -OCH3 is 1. The lowest BCUT2D eigenvalue weighted by atomic mass is 10.0. The van der Waals surface area contributed by atoms with Crippen LogP contribution in [0.25, 0.3) is 6.08 Å². The third-order valence-electron chi connectivity index (χ3n) is 4.39. The molecule has 0 aliphatic carbocycles. The van der Waals surface area contributed by atoms with Crippen molar-refractivity contribution in [3.63, 3.8) is 0 Å². The van der Waals surface area contributed by atoms with E-state index in [-0.39, 0.29) is 27.6 Å². The number of benzene rings is 2. The van der Waals surface area contributed by atoms with Crippen molar-refractivity contribution in [1.29, 1.82) is 0 Å². The van der Waals surface area contributed by atoms with Gasteiger partial charge in [-0.2, -0.15) is 0 Å². The van der Waals surface area contributed by atoms with E-state index in [1.807, 2.05) is 0 Å². The van der Waals surface area contributed by atoms with Gasteiger partial charge in [0.15, 0.2) is 27.1 Å². The van der Waals surface area contributed by atoms with Crippen molar-refractivity contribution in [2.45, 2.75) is 24.7 Å². The van der Waals surface area contributed by atoms with Crippen LogP contribution in [0.5, 0.6) is 11.5 Å². The quantitative estimate of drug-likeness (QED) is 0.556. The highest BCUT2D eigenvalue weighted by Gasteiger charge is 2.32. The maximum atomic E-state index is 12.7. The van der Waals surface area contributed by atoms with E-state index >= 15 is 0 Å². The molecule has 1 aliphatic rings. The van der Waals surface area contributed by atoms with Crippen LogP contribution in [0, 0.1) is 0 Å². The minimum Gasteiger partial charge on any atom is -0.493 e. The Balaban J connectivity index is 1.97. The molecule has 0 N–H and O–H groups in total. The molecule has 5 nitrogen and oxygen atoms in total. The predicted octanol–water partition coefficient (Wildman–Crippen LogP) is 3.93. The number of ketones is 1. The Morgan fingerprint density at radius 3 is 2.63 bits per heavy atom. The molecule has 0 amide bonds. The van der Waals surface area contributed by atoms with Gasteiger partial charge in [-0.25, -0.2) is 8.42 Å².